The average Bonchev–Trinajstić information content (AvgIpc) is 3.04. The van der Waals surface area contributed by atoms with Gasteiger partial charge in [-0.15, -0.1) is 0 Å². The van der Waals surface area contributed by atoms with E-state index in [1.54, 1.807) is 12.1 Å². The Kier molecular flexibility index (Phi) is 2.91. The largest absolute Gasteiger partial charge is 0.395 e. The van der Waals surface area contributed by atoms with E-state index in [1.807, 2.05) is 13.0 Å². The van der Waals surface area contributed by atoms with Crippen LogP contribution in [0.1, 0.15) is 18.4 Å². The van der Waals surface area contributed by atoms with E-state index in [0.29, 0.717) is 5.02 Å². The summed E-state index contributed by atoms with van der Waals surface area (Å²) >= 11 is 5.86. The summed E-state index contributed by atoms with van der Waals surface area (Å²) < 4.78 is 0. The number of carbonyl (C=O) groups is 1. The van der Waals surface area contributed by atoms with Crippen molar-refractivity contribution in [3.8, 4) is 0 Å². The Bertz CT molecular complexity index is 427. The summed E-state index contributed by atoms with van der Waals surface area (Å²) in [6, 6.07) is 5.37. The minimum atomic E-state index is -0.547. The van der Waals surface area contributed by atoms with Crippen molar-refractivity contribution in [1.82, 2.24) is 0 Å². The molecule has 0 aliphatic heterocycles. The minimum absolute atomic E-state index is 0.0849. The maximum atomic E-state index is 11.9. The molecular weight excluding hydrogens is 226 g/mol. The highest BCUT2D eigenvalue weighted by Gasteiger charge is 2.49. The highest BCUT2D eigenvalue weighted by molar-refractivity contribution is 6.31. The van der Waals surface area contributed by atoms with Crippen LogP contribution in [0.25, 0.3) is 0 Å². The third-order valence-corrected chi connectivity index (χ3v) is 3.32. The van der Waals surface area contributed by atoms with E-state index in [0.717, 1.165) is 24.1 Å². The number of nitrogens with one attached hydrogen (secondary N) is 1. The average molecular weight is 240 g/mol. The van der Waals surface area contributed by atoms with E-state index < -0.39 is 5.41 Å². The molecule has 3 nitrogen and oxygen atoms in total. The summed E-state index contributed by atoms with van der Waals surface area (Å²) in [6.07, 6.45) is 1.52. The molecule has 0 aromatic heterocycles. The van der Waals surface area contributed by atoms with Crippen LogP contribution in [-0.2, 0) is 4.79 Å². The van der Waals surface area contributed by atoms with Gasteiger partial charge in [0.1, 0.15) is 0 Å². The fourth-order valence-electron chi connectivity index (χ4n) is 1.59. The zero-order chi connectivity index (χ0) is 11.8. The van der Waals surface area contributed by atoms with Crippen molar-refractivity contribution < 1.29 is 9.90 Å². The second kappa shape index (κ2) is 4.07. The number of aliphatic hydroxyl groups excluding tert-OH is 1. The van der Waals surface area contributed by atoms with Crippen molar-refractivity contribution in [3.05, 3.63) is 28.8 Å². The topological polar surface area (TPSA) is 49.3 Å². The molecule has 1 aliphatic carbocycles. The van der Waals surface area contributed by atoms with Crippen LogP contribution < -0.4 is 5.32 Å². The molecule has 1 aromatic carbocycles. The van der Waals surface area contributed by atoms with E-state index in [9.17, 15) is 4.79 Å². The highest BCUT2D eigenvalue weighted by atomic mass is 35.5. The highest BCUT2D eigenvalue weighted by Crippen LogP contribution is 2.46. The van der Waals surface area contributed by atoms with Gasteiger partial charge in [-0.05, 0) is 37.5 Å². The van der Waals surface area contributed by atoms with Crippen LogP contribution >= 0.6 is 11.6 Å². The zero-order valence-electron chi connectivity index (χ0n) is 9.09. The lowest BCUT2D eigenvalue weighted by atomic mass is 10.1. The van der Waals surface area contributed by atoms with Gasteiger partial charge in [-0.2, -0.15) is 0 Å². The molecular formula is C12H14ClNO2. The molecule has 1 fully saturated rings. The quantitative estimate of drug-likeness (QED) is 0.851. The lowest BCUT2D eigenvalue weighted by molar-refractivity contribution is -0.122. The zero-order valence-corrected chi connectivity index (χ0v) is 9.84. The van der Waals surface area contributed by atoms with Crippen molar-refractivity contribution >= 4 is 23.2 Å². The molecule has 4 heteroatoms. The molecule has 0 spiro atoms. The Morgan fingerprint density at radius 3 is 2.81 bits per heavy atom. The van der Waals surface area contributed by atoms with Gasteiger partial charge < -0.3 is 10.4 Å². The number of carbonyl (C=O) groups excluding carboxylic acids is 1. The fourth-order valence-corrected chi connectivity index (χ4v) is 1.76. The molecule has 16 heavy (non-hydrogen) atoms. The summed E-state index contributed by atoms with van der Waals surface area (Å²) in [5.74, 6) is -0.111. The number of hydrogen-bond acceptors (Lipinski definition) is 2. The first-order valence-corrected chi connectivity index (χ1v) is 5.64. The number of amides is 1. The number of hydrogen-bond donors (Lipinski definition) is 2. The molecule has 1 aliphatic rings. The lowest BCUT2D eigenvalue weighted by Crippen LogP contribution is -2.27. The molecule has 0 heterocycles. The van der Waals surface area contributed by atoms with Gasteiger partial charge >= 0.3 is 0 Å². The van der Waals surface area contributed by atoms with E-state index in [4.69, 9.17) is 16.7 Å². The molecule has 0 atom stereocenters. The molecule has 1 saturated carbocycles. The number of aliphatic hydroxyl groups is 1. The number of halogens is 1. The number of benzene rings is 1. The van der Waals surface area contributed by atoms with Gasteiger partial charge in [0.25, 0.3) is 0 Å². The van der Waals surface area contributed by atoms with Gasteiger partial charge in [-0.1, -0.05) is 17.7 Å². The number of aryl methyl sites for hydroxylation is 1. The first kappa shape index (κ1) is 11.4. The first-order valence-electron chi connectivity index (χ1n) is 5.26. The van der Waals surface area contributed by atoms with E-state index in [1.165, 1.54) is 0 Å². The maximum Gasteiger partial charge on any atom is 0.232 e. The van der Waals surface area contributed by atoms with Crippen LogP contribution in [0.15, 0.2) is 18.2 Å². The first-order chi connectivity index (χ1) is 7.57. The third kappa shape index (κ3) is 2.06. The predicted octanol–water partition coefficient (Wildman–Crippen LogP) is 2.36. The van der Waals surface area contributed by atoms with Crippen molar-refractivity contribution in [1.29, 1.82) is 0 Å². The summed E-state index contributed by atoms with van der Waals surface area (Å²) in [7, 11) is 0. The molecule has 1 amide bonds. The van der Waals surface area contributed by atoms with Crippen LogP contribution in [-0.4, -0.2) is 17.6 Å². The summed E-state index contributed by atoms with van der Waals surface area (Å²) in [4.78, 5) is 11.9. The van der Waals surface area contributed by atoms with Crippen molar-refractivity contribution in [2.75, 3.05) is 11.9 Å². The number of rotatable bonds is 3. The Balaban J connectivity index is 2.15. The minimum Gasteiger partial charge on any atom is -0.395 e. The van der Waals surface area contributed by atoms with E-state index in [-0.39, 0.29) is 12.5 Å². The summed E-state index contributed by atoms with van der Waals surface area (Å²) in [6.45, 7) is 1.82. The summed E-state index contributed by atoms with van der Waals surface area (Å²) in [5.41, 5.74) is 1.14. The van der Waals surface area contributed by atoms with Crippen LogP contribution in [0.2, 0.25) is 5.02 Å². The molecule has 1 aromatic rings. The molecule has 0 radical (unpaired) electrons. The molecule has 2 N–H and O–H groups in total. The van der Waals surface area contributed by atoms with Gasteiger partial charge in [0.2, 0.25) is 5.91 Å². The van der Waals surface area contributed by atoms with Gasteiger partial charge in [-0.25, -0.2) is 0 Å². The van der Waals surface area contributed by atoms with Crippen LogP contribution in [0.3, 0.4) is 0 Å². The Morgan fingerprint density at radius 1 is 1.56 bits per heavy atom. The predicted molar refractivity (Wildman–Crippen MR) is 63.6 cm³/mol. The SMILES string of the molecule is Cc1ccc(Cl)cc1NC(=O)C1(CO)CC1. The van der Waals surface area contributed by atoms with Crippen molar-refractivity contribution in [2.24, 2.45) is 5.41 Å². The van der Waals surface area contributed by atoms with E-state index in [2.05, 4.69) is 5.32 Å². The van der Waals surface area contributed by atoms with Crippen molar-refractivity contribution in [3.63, 3.8) is 0 Å². The van der Waals surface area contributed by atoms with Gasteiger partial charge in [0.15, 0.2) is 0 Å². The summed E-state index contributed by atoms with van der Waals surface area (Å²) in [5, 5.41) is 12.6. The van der Waals surface area contributed by atoms with Crippen LogP contribution in [0, 0.1) is 12.3 Å². The molecule has 0 unspecified atom stereocenters. The smallest absolute Gasteiger partial charge is 0.232 e. The van der Waals surface area contributed by atoms with Gasteiger partial charge in [-0.3, -0.25) is 4.79 Å². The fraction of sp³-hybridized carbons (Fsp3) is 0.417. The maximum absolute atomic E-state index is 11.9. The Hall–Kier alpha value is -1.06. The van der Waals surface area contributed by atoms with Crippen LogP contribution in [0.4, 0.5) is 5.69 Å². The lowest BCUT2D eigenvalue weighted by Gasteiger charge is -2.14. The molecule has 0 bridgehead atoms. The molecule has 2 rings (SSSR count). The van der Waals surface area contributed by atoms with Gasteiger partial charge in [0.05, 0.1) is 12.0 Å². The second-order valence-corrected chi connectivity index (χ2v) is 4.79. The monoisotopic (exact) mass is 239 g/mol. The third-order valence-electron chi connectivity index (χ3n) is 3.09. The second-order valence-electron chi connectivity index (χ2n) is 4.35. The van der Waals surface area contributed by atoms with E-state index >= 15 is 0 Å². The molecule has 0 saturated heterocycles. The normalized spacial score (nSPS) is 16.9. The number of anilines is 1. The Morgan fingerprint density at radius 2 is 2.25 bits per heavy atom. The Labute approximate surface area is 99.4 Å². The van der Waals surface area contributed by atoms with Gasteiger partial charge in [0, 0.05) is 10.7 Å². The molecule has 86 valence electrons. The van der Waals surface area contributed by atoms with Crippen molar-refractivity contribution in [2.45, 2.75) is 19.8 Å². The standard InChI is InChI=1S/C12H14ClNO2/c1-8-2-3-9(13)6-10(8)14-11(16)12(7-15)4-5-12/h2-3,6,15H,4-5,7H2,1H3,(H,14,16). The van der Waals surface area contributed by atoms with Crippen LogP contribution in [0.5, 0.6) is 0 Å².